The second kappa shape index (κ2) is 16.8. The number of unbranched alkanes of at least 4 members (excludes halogenated alkanes) is 9. The molecule has 0 spiro atoms. The van der Waals surface area contributed by atoms with Gasteiger partial charge >= 0.3 is 0 Å². The van der Waals surface area contributed by atoms with Gasteiger partial charge in [0, 0.05) is 26.4 Å². The molecule has 0 fully saturated rings. The van der Waals surface area contributed by atoms with Gasteiger partial charge in [0.25, 0.3) is 0 Å². The number of methoxy groups -OCH3 is 3. The third kappa shape index (κ3) is 9.18. The predicted molar refractivity (Wildman–Crippen MR) is 155 cm³/mol. The lowest BCUT2D eigenvalue weighted by atomic mass is 9.84. The zero-order valence-electron chi connectivity index (χ0n) is 24.8. The first-order valence-corrected chi connectivity index (χ1v) is 14.8. The number of nitrogens with zero attached hydrogens (tertiary/aromatic N) is 4. The average Bonchev–Trinajstić information content (AvgIpc) is 3.45. The molecule has 1 amide bonds. The van der Waals surface area contributed by atoms with E-state index in [9.17, 15) is 4.79 Å². The van der Waals surface area contributed by atoms with Crippen LogP contribution in [0.1, 0.15) is 95.4 Å². The van der Waals surface area contributed by atoms with Crippen molar-refractivity contribution >= 4 is 5.91 Å². The number of rotatable bonds is 19. The summed E-state index contributed by atoms with van der Waals surface area (Å²) in [5, 5.41) is 15.7. The third-order valence-corrected chi connectivity index (χ3v) is 7.45. The molecule has 1 atom stereocenters. The van der Waals surface area contributed by atoms with Crippen LogP contribution in [-0.2, 0) is 37.6 Å². The van der Waals surface area contributed by atoms with Crippen molar-refractivity contribution in [2.75, 3.05) is 21.3 Å². The van der Waals surface area contributed by atoms with Crippen LogP contribution in [0.4, 0.5) is 0 Å². The minimum atomic E-state index is -0.761. The van der Waals surface area contributed by atoms with Gasteiger partial charge in [-0.15, -0.1) is 10.2 Å². The molecule has 0 bridgehead atoms. The fourth-order valence-corrected chi connectivity index (χ4v) is 5.06. The van der Waals surface area contributed by atoms with Gasteiger partial charge in [0.05, 0.1) is 20.8 Å². The third-order valence-electron chi connectivity index (χ3n) is 7.45. The van der Waals surface area contributed by atoms with Crippen LogP contribution in [0, 0.1) is 0 Å². The number of aromatic nitrogens is 4. The molecular formula is C31H47N5O4. The Morgan fingerprint density at radius 2 is 1.62 bits per heavy atom. The number of carbonyl (C=O) groups excluding carboxylic acids is 1. The summed E-state index contributed by atoms with van der Waals surface area (Å²) in [5.41, 5.74) is 0.721. The van der Waals surface area contributed by atoms with Crippen LogP contribution in [-0.4, -0.2) is 47.4 Å². The van der Waals surface area contributed by atoms with Gasteiger partial charge in [-0.05, 0) is 23.3 Å². The van der Waals surface area contributed by atoms with Gasteiger partial charge in [0.1, 0.15) is 22.8 Å². The van der Waals surface area contributed by atoms with E-state index < -0.39 is 5.60 Å². The van der Waals surface area contributed by atoms with Gasteiger partial charge in [-0.1, -0.05) is 95.0 Å². The van der Waals surface area contributed by atoms with Gasteiger partial charge < -0.3 is 19.5 Å². The maximum Gasteiger partial charge on any atom is 0.225 e. The highest BCUT2D eigenvalue weighted by Crippen LogP contribution is 2.40. The van der Waals surface area contributed by atoms with Crippen molar-refractivity contribution in [3.8, 4) is 0 Å². The number of benzene rings is 1. The van der Waals surface area contributed by atoms with Crippen LogP contribution in [0.3, 0.4) is 0 Å². The van der Waals surface area contributed by atoms with E-state index in [1.165, 1.54) is 57.8 Å². The molecule has 1 aliphatic rings. The molecule has 0 aliphatic heterocycles. The Morgan fingerprint density at radius 3 is 2.25 bits per heavy atom. The first-order valence-electron chi connectivity index (χ1n) is 14.8. The Labute approximate surface area is 239 Å². The summed E-state index contributed by atoms with van der Waals surface area (Å²) in [6, 6.07) is 9.89. The summed E-state index contributed by atoms with van der Waals surface area (Å²) in [7, 11) is 4.81. The van der Waals surface area contributed by atoms with E-state index in [1.54, 1.807) is 26.1 Å². The number of tetrazole rings is 1. The number of hydrogen-bond donors (Lipinski definition) is 1. The Balaban J connectivity index is 1.45. The molecule has 1 N–H and O–H groups in total. The molecular weight excluding hydrogens is 506 g/mol. The van der Waals surface area contributed by atoms with Crippen LogP contribution < -0.4 is 5.32 Å². The predicted octanol–water partition coefficient (Wildman–Crippen LogP) is 5.98. The summed E-state index contributed by atoms with van der Waals surface area (Å²) in [5.74, 6) is 1.46. The van der Waals surface area contributed by atoms with Gasteiger partial charge in [0.15, 0.2) is 5.82 Å². The summed E-state index contributed by atoms with van der Waals surface area (Å²) >= 11 is 0. The number of aryl methyl sites for hydroxylation is 2. The SMILES string of the molecule is CCCCCCCCCCCCn1nnc(CCC(=O)NC2=C(OC)CC(OC)(c3ccccc3)C=C2OC)n1. The average molecular weight is 554 g/mol. The first-order chi connectivity index (χ1) is 19.5. The molecule has 9 heteroatoms. The van der Waals surface area contributed by atoms with Gasteiger partial charge in [-0.2, -0.15) is 4.80 Å². The molecule has 0 saturated carbocycles. The zero-order chi connectivity index (χ0) is 28.6. The largest absolute Gasteiger partial charge is 0.499 e. The minimum Gasteiger partial charge on any atom is -0.499 e. The number of amides is 1. The molecule has 40 heavy (non-hydrogen) atoms. The molecule has 2 aromatic rings. The van der Waals surface area contributed by atoms with Crippen molar-refractivity contribution in [2.24, 2.45) is 0 Å². The van der Waals surface area contributed by atoms with Crippen LogP contribution in [0.25, 0.3) is 0 Å². The summed E-state index contributed by atoms with van der Waals surface area (Å²) < 4.78 is 17.3. The number of ether oxygens (including phenoxy) is 3. The van der Waals surface area contributed by atoms with E-state index in [0.717, 1.165) is 18.5 Å². The molecule has 0 saturated heterocycles. The van der Waals surface area contributed by atoms with Crippen LogP contribution in [0.2, 0.25) is 0 Å². The second-order valence-corrected chi connectivity index (χ2v) is 10.4. The van der Waals surface area contributed by atoms with E-state index in [0.29, 0.717) is 35.9 Å². The lowest BCUT2D eigenvalue weighted by molar-refractivity contribution is -0.120. The Kier molecular flexibility index (Phi) is 13.2. The molecule has 220 valence electrons. The molecule has 0 radical (unpaired) electrons. The fraction of sp³-hybridized carbons (Fsp3) is 0.613. The van der Waals surface area contributed by atoms with E-state index in [4.69, 9.17) is 14.2 Å². The van der Waals surface area contributed by atoms with Crippen molar-refractivity contribution in [1.82, 2.24) is 25.5 Å². The molecule has 1 aromatic carbocycles. The fourth-order valence-electron chi connectivity index (χ4n) is 5.06. The highest BCUT2D eigenvalue weighted by Gasteiger charge is 2.39. The van der Waals surface area contributed by atoms with Crippen LogP contribution in [0.5, 0.6) is 0 Å². The van der Waals surface area contributed by atoms with Gasteiger partial charge in [-0.3, -0.25) is 4.79 Å². The maximum atomic E-state index is 12.9. The Morgan fingerprint density at radius 1 is 0.950 bits per heavy atom. The number of carbonyl (C=O) groups is 1. The lowest BCUT2D eigenvalue weighted by Crippen LogP contribution is -2.35. The monoisotopic (exact) mass is 553 g/mol. The highest BCUT2D eigenvalue weighted by molar-refractivity contribution is 5.79. The Bertz CT molecular complexity index is 1100. The summed E-state index contributed by atoms with van der Waals surface area (Å²) in [6.45, 7) is 3.01. The Hall–Kier alpha value is -3.20. The van der Waals surface area contributed by atoms with Crippen molar-refractivity contribution in [2.45, 2.75) is 103 Å². The second-order valence-electron chi connectivity index (χ2n) is 10.4. The normalized spacial score (nSPS) is 17.1. The molecule has 1 heterocycles. The quantitative estimate of drug-likeness (QED) is 0.214. The zero-order valence-corrected chi connectivity index (χ0v) is 24.8. The van der Waals surface area contributed by atoms with Crippen molar-refractivity contribution in [3.63, 3.8) is 0 Å². The maximum absolute atomic E-state index is 12.9. The highest BCUT2D eigenvalue weighted by atomic mass is 16.5. The molecule has 1 unspecified atom stereocenters. The summed E-state index contributed by atoms with van der Waals surface area (Å²) in [6.07, 6.45) is 15.8. The van der Waals surface area contributed by atoms with Crippen molar-refractivity contribution < 1.29 is 19.0 Å². The summed E-state index contributed by atoms with van der Waals surface area (Å²) in [4.78, 5) is 14.5. The van der Waals surface area contributed by atoms with E-state index in [2.05, 4.69) is 27.7 Å². The number of nitrogens with one attached hydrogen (secondary N) is 1. The molecule has 1 aliphatic carbocycles. The topological polar surface area (TPSA) is 100 Å². The lowest BCUT2D eigenvalue weighted by Gasteiger charge is -2.35. The first kappa shape index (κ1) is 31.3. The minimum absolute atomic E-state index is 0.178. The van der Waals surface area contributed by atoms with E-state index in [1.807, 2.05) is 36.4 Å². The van der Waals surface area contributed by atoms with Crippen LogP contribution in [0.15, 0.2) is 53.6 Å². The van der Waals surface area contributed by atoms with Crippen molar-refractivity contribution in [1.29, 1.82) is 0 Å². The number of hydrogen-bond acceptors (Lipinski definition) is 7. The standard InChI is InChI=1S/C31H47N5O4/c1-5-6-7-8-9-10-11-12-13-17-22-36-34-28(33-35-36)20-21-29(37)32-30-26(38-2)23-31(40-4,24-27(30)39-3)25-18-15-14-16-19-25/h14-16,18-19,23H,5-13,17,20-22,24H2,1-4H3,(H,32,37). The van der Waals surface area contributed by atoms with Gasteiger partial charge in [0.2, 0.25) is 5.91 Å². The van der Waals surface area contributed by atoms with Gasteiger partial charge in [-0.25, -0.2) is 0 Å². The molecule has 1 aromatic heterocycles. The van der Waals surface area contributed by atoms with E-state index >= 15 is 0 Å². The molecule has 3 rings (SSSR count). The smallest absolute Gasteiger partial charge is 0.225 e. The van der Waals surface area contributed by atoms with Crippen LogP contribution >= 0.6 is 0 Å². The van der Waals surface area contributed by atoms with Crippen molar-refractivity contribution in [3.05, 3.63) is 65.0 Å². The van der Waals surface area contributed by atoms with E-state index in [-0.39, 0.29) is 12.3 Å². The molecule has 9 nitrogen and oxygen atoms in total.